The highest BCUT2D eigenvalue weighted by Gasteiger charge is 2.01. The largest absolute Gasteiger partial charge is 0.507 e. The summed E-state index contributed by atoms with van der Waals surface area (Å²) in [6, 6.07) is 3.46. The fraction of sp³-hybridized carbons (Fsp3) is 0.222. The van der Waals surface area contributed by atoms with Gasteiger partial charge in [0.2, 0.25) is 0 Å². The fourth-order valence-electron chi connectivity index (χ4n) is 1.09. The lowest BCUT2D eigenvalue weighted by molar-refractivity contribution is 0.467. The fourth-order valence-corrected chi connectivity index (χ4v) is 1.09. The van der Waals surface area contributed by atoms with Crippen molar-refractivity contribution in [3.63, 3.8) is 0 Å². The molecule has 0 aromatic heterocycles. The van der Waals surface area contributed by atoms with Gasteiger partial charge in [-0.05, 0) is 37.1 Å². The lowest BCUT2D eigenvalue weighted by Gasteiger charge is -2.05. The second-order valence-electron chi connectivity index (χ2n) is 2.70. The molecule has 62 valence electrons. The van der Waals surface area contributed by atoms with E-state index in [0.717, 1.165) is 11.1 Å². The Hall–Kier alpha value is -1.69. The third kappa shape index (κ3) is 1.48. The molecule has 0 bridgehead atoms. The van der Waals surface area contributed by atoms with E-state index in [1.807, 2.05) is 6.19 Å². The molecule has 2 N–H and O–H groups in total. The Morgan fingerprint density at radius 3 is 2.25 bits per heavy atom. The summed E-state index contributed by atoms with van der Waals surface area (Å²) < 4.78 is 0. The van der Waals surface area contributed by atoms with Crippen LogP contribution < -0.4 is 5.32 Å². The Kier molecular flexibility index (Phi) is 2.20. The van der Waals surface area contributed by atoms with E-state index in [4.69, 9.17) is 5.26 Å². The number of nitrogens with one attached hydrogen (secondary N) is 1. The summed E-state index contributed by atoms with van der Waals surface area (Å²) in [7, 11) is 0. The molecule has 3 nitrogen and oxygen atoms in total. The van der Waals surface area contributed by atoms with E-state index in [-0.39, 0.29) is 0 Å². The zero-order chi connectivity index (χ0) is 9.14. The van der Waals surface area contributed by atoms with Gasteiger partial charge in [0, 0.05) is 5.69 Å². The monoisotopic (exact) mass is 162 g/mol. The van der Waals surface area contributed by atoms with Crippen LogP contribution in [0.2, 0.25) is 0 Å². The van der Waals surface area contributed by atoms with Crippen molar-refractivity contribution in [2.24, 2.45) is 0 Å². The Labute approximate surface area is 71.3 Å². The van der Waals surface area contributed by atoms with Crippen molar-refractivity contribution in [1.29, 1.82) is 5.26 Å². The molecule has 0 spiro atoms. The van der Waals surface area contributed by atoms with E-state index in [2.05, 4.69) is 5.32 Å². The van der Waals surface area contributed by atoms with E-state index < -0.39 is 0 Å². The zero-order valence-electron chi connectivity index (χ0n) is 7.05. The Morgan fingerprint density at radius 2 is 1.83 bits per heavy atom. The van der Waals surface area contributed by atoms with Gasteiger partial charge in [0.05, 0.1) is 0 Å². The van der Waals surface area contributed by atoms with Gasteiger partial charge in [0.15, 0.2) is 6.19 Å². The maximum atomic E-state index is 9.39. The van der Waals surface area contributed by atoms with Crippen LogP contribution in [0.5, 0.6) is 5.75 Å². The minimum Gasteiger partial charge on any atom is -0.507 e. The number of rotatable bonds is 1. The summed E-state index contributed by atoms with van der Waals surface area (Å²) in [6.07, 6.45) is 1.83. The Bertz CT molecular complexity index is 316. The van der Waals surface area contributed by atoms with Gasteiger partial charge in [-0.25, -0.2) is 0 Å². The van der Waals surface area contributed by atoms with Crippen molar-refractivity contribution in [1.82, 2.24) is 0 Å². The number of nitrogens with zero attached hydrogens (tertiary/aromatic N) is 1. The van der Waals surface area contributed by atoms with Crippen LogP contribution >= 0.6 is 0 Å². The maximum absolute atomic E-state index is 9.39. The first-order valence-corrected chi connectivity index (χ1v) is 3.60. The van der Waals surface area contributed by atoms with Crippen LogP contribution in [0.15, 0.2) is 12.1 Å². The highest BCUT2D eigenvalue weighted by Crippen LogP contribution is 2.25. The molecule has 0 atom stereocenters. The topological polar surface area (TPSA) is 56.0 Å². The zero-order valence-corrected chi connectivity index (χ0v) is 7.05. The smallest absolute Gasteiger partial charge is 0.181 e. The summed E-state index contributed by atoms with van der Waals surface area (Å²) in [5.41, 5.74) is 2.26. The first kappa shape index (κ1) is 8.41. The van der Waals surface area contributed by atoms with E-state index in [9.17, 15) is 5.11 Å². The number of benzene rings is 1. The Morgan fingerprint density at radius 1 is 1.33 bits per heavy atom. The molecule has 0 saturated carbocycles. The van der Waals surface area contributed by atoms with Gasteiger partial charge in [0.1, 0.15) is 5.75 Å². The van der Waals surface area contributed by atoms with Crippen molar-refractivity contribution in [2.75, 3.05) is 5.32 Å². The van der Waals surface area contributed by atoms with E-state index in [1.165, 1.54) is 0 Å². The van der Waals surface area contributed by atoms with Crippen LogP contribution in [0.4, 0.5) is 5.69 Å². The SMILES string of the molecule is Cc1cc(NC#N)cc(C)c1O. The number of hydrogen-bond donors (Lipinski definition) is 2. The predicted molar refractivity (Wildman–Crippen MR) is 46.8 cm³/mol. The summed E-state index contributed by atoms with van der Waals surface area (Å²) in [4.78, 5) is 0. The molecule has 0 unspecified atom stereocenters. The molecule has 1 aromatic carbocycles. The molecule has 0 aliphatic carbocycles. The highest BCUT2D eigenvalue weighted by atomic mass is 16.3. The summed E-state index contributed by atoms with van der Waals surface area (Å²) in [6.45, 7) is 3.59. The molecule has 0 radical (unpaired) electrons. The first-order valence-electron chi connectivity index (χ1n) is 3.60. The second kappa shape index (κ2) is 3.14. The number of phenols is 1. The normalized spacial score (nSPS) is 9.08. The molecule has 0 heterocycles. The summed E-state index contributed by atoms with van der Waals surface area (Å²) >= 11 is 0. The van der Waals surface area contributed by atoms with Crippen molar-refractivity contribution < 1.29 is 5.11 Å². The summed E-state index contributed by atoms with van der Waals surface area (Å²) in [5, 5.41) is 20.2. The molecule has 0 saturated heterocycles. The molecule has 0 amide bonds. The van der Waals surface area contributed by atoms with Gasteiger partial charge in [-0.1, -0.05) is 0 Å². The van der Waals surface area contributed by atoms with Gasteiger partial charge in [0.25, 0.3) is 0 Å². The van der Waals surface area contributed by atoms with E-state index >= 15 is 0 Å². The minimum absolute atomic E-state index is 0.290. The quantitative estimate of drug-likeness (QED) is 0.376. The second-order valence-corrected chi connectivity index (χ2v) is 2.70. The molecule has 12 heavy (non-hydrogen) atoms. The Balaban J connectivity index is 3.14. The third-order valence-corrected chi connectivity index (χ3v) is 1.69. The lowest BCUT2D eigenvalue weighted by Crippen LogP contribution is -1.89. The standard InChI is InChI=1S/C9H10N2O/c1-6-3-8(11-5-10)4-7(2)9(6)12/h3-4,11-12H,1-2H3. The average Bonchev–Trinajstić information content (AvgIpc) is 2.01. The number of nitriles is 1. The van der Waals surface area contributed by atoms with Crippen LogP contribution in [0, 0.1) is 25.3 Å². The maximum Gasteiger partial charge on any atom is 0.181 e. The molecule has 3 heteroatoms. The van der Waals surface area contributed by atoms with Crippen molar-refractivity contribution in [3.8, 4) is 11.9 Å². The van der Waals surface area contributed by atoms with E-state index in [0.29, 0.717) is 11.4 Å². The van der Waals surface area contributed by atoms with Crippen molar-refractivity contribution in [2.45, 2.75) is 13.8 Å². The van der Waals surface area contributed by atoms with Crippen LogP contribution in [0.25, 0.3) is 0 Å². The third-order valence-electron chi connectivity index (χ3n) is 1.69. The molecule has 0 fully saturated rings. The van der Waals surface area contributed by atoms with Crippen molar-refractivity contribution in [3.05, 3.63) is 23.3 Å². The lowest BCUT2D eigenvalue weighted by atomic mass is 10.1. The van der Waals surface area contributed by atoms with Gasteiger partial charge >= 0.3 is 0 Å². The number of phenolic OH excluding ortho intramolecular Hbond substituents is 1. The molecular weight excluding hydrogens is 152 g/mol. The molecule has 1 rings (SSSR count). The highest BCUT2D eigenvalue weighted by molar-refractivity contribution is 5.56. The van der Waals surface area contributed by atoms with Crippen LogP contribution in [-0.2, 0) is 0 Å². The van der Waals surface area contributed by atoms with Crippen LogP contribution in [-0.4, -0.2) is 5.11 Å². The van der Waals surface area contributed by atoms with Crippen molar-refractivity contribution >= 4 is 5.69 Å². The van der Waals surface area contributed by atoms with Crippen LogP contribution in [0.3, 0.4) is 0 Å². The summed E-state index contributed by atoms with van der Waals surface area (Å²) in [5.74, 6) is 0.290. The molecule has 0 aliphatic heterocycles. The van der Waals surface area contributed by atoms with Crippen LogP contribution in [0.1, 0.15) is 11.1 Å². The van der Waals surface area contributed by atoms with E-state index in [1.54, 1.807) is 26.0 Å². The molecular formula is C9H10N2O. The van der Waals surface area contributed by atoms with Gasteiger partial charge in [-0.2, -0.15) is 5.26 Å². The number of hydrogen-bond acceptors (Lipinski definition) is 3. The van der Waals surface area contributed by atoms with Gasteiger partial charge in [-0.15, -0.1) is 0 Å². The van der Waals surface area contributed by atoms with Gasteiger partial charge < -0.3 is 5.11 Å². The molecule has 1 aromatic rings. The average molecular weight is 162 g/mol. The molecule has 0 aliphatic rings. The number of anilines is 1. The van der Waals surface area contributed by atoms with Gasteiger partial charge in [-0.3, -0.25) is 5.32 Å². The first-order chi connectivity index (χ1) is 5.65. The predicted octanol–water partition coefficient (Wildman–Crippen LogP) is 1.90. The minimum atomic E-state index is 0.290. The number of aromatic hydroxyl groups is 1. The number of aryl methyl sites for hydroxylation is 2.